The van der Waals surface area contributed by atoms with Gasteiger partial charge in [0.1, 0.15) is 11.6 Å². The van der Waals surface area contributed by atoms with E-state index < -0.39 is 17.5 Å². The maximum atomic E-state index is 13.4. The van der Waals surface area contributed by atoms with Crippen LogP contribution in [0.15, 0.2) is 85.1 Å². The van der Waals surface area contributed by atoms with Crippen molar-refractivity contribution in [2.24, 2.45) is 0 Å². The number of carbonyl (C=O) groups is 1. The minimum absolute atomic E-state index is 0.0644. The Hall–Kier alpha value is -3.80. The van der Waals surface area contributed by atoms with E-state index in [-0.39, 0.29) is 12.1 Å². The van der Waals surface area contributed by atoms with E-state index in [1.54, 1.807) is 0 Å². The van der Waals surface area contributed by atoms with Gasteiger partial charge in [-0.05, 0) is 17.7 Å². The minimum atomic E-state index is -0.791. The Labute approximate surface area is 172 Å². The largest absolute Gasteiger partial charge is 0.348 e. The van der Waals surface area contributed by atoms with Crippen LogP contribution < -0.4 is 5.32 Å². The Morgan fingerprint density at radius 3 is 2.20 bits per heavy atom. The molecule has 1 aromatic heterocycles. The van der Waals surface area contributed by atoms with Crippen LogP contribution in [0.2, 0.25) is 0 Å². The highest BCUT2D eigenvalue weighted by atomic mass is 19.1. The minimum Gasteiger partial charge on any atom is -0.348 e. The summed E-state index contributed by atoms with van der Waals surface area (Å²) >= 11 is 0. The van der Waals surface area contributed by atoms with Crippen LogP contribution in [0.5, 0.6) is 0 Å². The molecule has 1 N–H and O–H groups in total. The first kappa shape index (κ1) is 19.5. The molecule has 0 spiro atoms. The van der Waals surface area contributed by atoms with Gasteiger partial charge in [-0.2, -0.15) is 5.10 Å². The summed E-state index contributed by atoms with van der Waals surface area (Å²) in [5.74, 6) is -2.13. The van der Waals surface area contributed by atoms with E-state index >= 15 is 0 Å². The second kappa shape index (κ2) is 8.69. The average Bonchev–Trinajstić information content (AvgIpc) is 3.15. The number of hydrogen-bond donors (Lipinski definition) is 1. The van der Waals surface area contributed by atoms with Crippen LogP contribution >= 0.6 is 0 Å². The van der Waals surface area contributed by atoms with Crippen molar-refractivity contribution in [3.63, 3.8) is 0 Å². The number of nitrogens with one attached hydrogen (secondary N) is 1. The van der Waals surface area contributed by atoms with Gasteiger partial charge in [0, 0.05) is 35.5 Å². The molecule has 0 aliphatic heterocycles. The fourth-order valence-electron chi connectivity index (χ4n) is 3.25. The van der Waals surface area contributed by atoms with Crippen molar-refractivity contribution in [2.45, 2.75) is 13.1 Å². The van der Waals surface area contributed by atoms with Gasteiger partial charge >= 0.3 is 0 Å². The Bertz CT molecular complexity index is 1140. The second-order valence-electron chi connectivity index (χ2n) is 6.89. The molecular formula is C24H19F2N3O. The third kappa shape index (κ3) is 4.60. The third-order valence-electron chi connectivity index (χ3n) is 4.64. The van der Waals surface area contributed by atoms with E-state index in [1.165, 1.54) is 0 Å². The number of hydrogen-bond acceptors (Lipinski definition) is 2. The first-order valence-corrected chi connectivity index (χ1v) is 9.48. The predicted molar refractivity (Wildman–Crippen MR) is 111 cm³/mol. The number of aromatic nitrogens is 2. The molecule has 4 rings (SSSR count). The molecule has 150 valence electrons. The fourth-order valence-corrected chi connectivity index (χ4v) is 3.25. The van der Waals surface area contributed by atoms with Crippen molar-refractivity contribution in [3.05, 3.63) is 113 Å². The van der Waals surface area contributed by atoms with Crippen molar-refractivity contribution >= 4 is 5.91 Å². The van der Waals surface area contributed by atoms with Gasteiger partial charge in [-0.3, -0.25) is 9.48 Å². The van der Waals surface area contributed by atoms with Gasteiger partial charge < -0.3 is 5.32 Å². The number of nitrogens with zero attached hydrogens (tertiary/aromatic N) is 2. The zero-order valence-electron chi connectivity index (χ0n) is 16.1. The first-order valence-electron chi connectivity index (χ1n) is 9.48. The highest BCUT2D eigenvalue weighted by molar-refractivity contribution is 5.94. The Morgan fingerprint density at radius 2 is 1.53 bits per heavy atom. The van der Waals surface area contributed by atoms with Gasteiger partial charge in [0.25, 0.3) is 5.91 Å². The Morgan fingerprint density at radius 1 is 0.900 bits per heavy atom. The van der Waals surface area contributed by atoms with Crippen LogP contribution in [0.25, 0.3) is 11.3 Å². The number of carbonyl (C=O) groups excluding carboxylic acids is 1. The summed E-state index contributed by atoms with van der Waals surface area (Å²) in [6.07, 6.45) is 1.88. The highest BCUT2D eigenvalue weighted by Crippen LogP contribution is 2.22. The summed E-state index contributed by atoms with van der Waals surface area (Å²) < 4.78 is 28.6. The molecule has 4 aromatic rings. The lowest BCUT2D eigenvalue weighted by Gasteiger charge is -2.06. The maximum Gasteiger partial charge on any atom is 0.251 e. The summed E-state index contributed by atoms with van der Waals surface area (Å²) in [4.78, 5) is 12.4. The monoisotopic (exact) mass is 403 g/mol. The molecule has 0 saturated carbocycles. The standard InChI is InChI=1S/C24H19F2N3O/c25-21-11-19(12-22(26)13-21)24(30)27-14-20-16-29(15-17-7-3-1-4-8-17)28-23(20)18-9-5-2-6-10-18/h1-13,16H,14-15H2,(H,27,30). The molecule has 1 heterocycles. The van der Waals surface area contributed by atoms with Crippen molar-refractivity contribution in [2.75, 3.05) is 0 Å². The third-order valence-corrected chi connectivity index (χ3v) is 4.64. The van der Waals surface area contributed by atoms with Crippen molar-refractivity contribution in [3.8, 4) is 11.3 Å². The van der Waals surface area contributed by atoms with Crippen LogP contribution in [-0.2, 0) is 13.1 Å². The topological polar surface area (TPSA) is 46.9 Å². The van der Waals surface area contributed by atoms with Gasteiger partial charge in [-0.15, -0.1) is 0 Å². The summed E-state index contributed by atoms with van der Waals surface area (Å²) in [5, 5.41) is 7.43. The van der Waals surface area contributed by atoms with Crippen molar-refractivity contribution < 1.29 is 13.6 Å². The summed E-state index contributed by atoms with van der Waals surface area (Å²) in [6.45, 7) is 0.764. The van der Waals surface area contributed by atoms with Gasteiger partial charge in [-0.25, -0.2) is 8.78 Å². The predicted octanol–water partition coefficient (Wildman–Crippen LogP) is 4.81. The molecule has 0 unspecified atom stereocenters. The second-order valence-corrected chi connectivity index (χ2v) is 6.89. The SMILES string of the molecule is O=C(NCc1cn(Cc2ccccc2)nc1-c1ccccc1)c1cc(F)cc(F)c1. The van der Waals surface area contributed by atoms with Gasteiger partial charge in [0.2, 0.25) is 0 Å². The Kier molecular flexibility index (Phi) is 5.66. The van der Waals surface area contributed by atoms with Crippen molar-refractivity contribution in [1.82, 2.24) is 15.1 Å². The van der Waals surface area contributed by atoms with Gasteiger partial charge in [0.05, 0.1) is 12.2 Å². The lowest BCUT2D eigenvalue weighted by molar-refractivity contribution is 0.0950. The lowest BCUT2D eigenvalue weighted by Crippen LogP contribution is -2.23. The van der Waals surface area contributed by atoms with Crippen LogP contribution in [0, 0.1) is 11.6 Å². The molecule has 0 bridgehead atoms. The van der Waals surface area contributed by atoms with E-state index in [9.17, 15) is 13.6 Å². The molecule has 1 amide bonds. The molecule has 3 aromatic carbocycles. The van der Waals surface area contributed by atoms with Crippen LogP contribution in [0.4, 0.5) is 8.78 Å². The molecule has 0 radical (unpaired) electrons. The molecule has 0 saturated heterocycles. The number of halogens is 2. The molecule has 0 aliphatic carbocycles. The number of amides is 1. The zero-order valence-corrected chi connectivity index (χ0v) is 16.1. The van der Waals surface area contributed by atoms with Gasteiger partial charge in [-0.1, -0.05) is 60.7 Å². The first-order chi connectivity index (χ1) is 14.6. The summed E-state index contributed by atoms with van der Waals surface area (Å²) in [5.41, 5.74) is 3.51. The van der Waals surface area contributed by atoms with E-state index in [1.807, 2.05) is 71.5 Å². The molecule has 30 heavy (non-hydrogen) atoms. The van der Waals surface area contributed by atoms with Crippen LogP contribution in [0.1, 0.15) is 21.5 Å². The quantitative estimate of drug-likeness (QED) is 0.502. The highest BCUT2D eigenvalue weighted by Gasteiger charge is 2.14. The Balaban J connectivity index is 1.58. The fraction of sp³-hybridized carbons (Fsp3) is 0.0833. The lowest BCUT2D eigenvalue weighted by atomic mass is 10.1. The average molecular weight is 403 g/mol. The maximum absolute atomic E-state index is 13.4. The molecule has 4 nitrogen and oxygen atoms in total. The van der Waals surface area contributed by atoms with E-state index in [2.05, 4.69) is 5.32 Å². The number of rotatable bonds is 6. The van der Waals surface area contributed by atoms with E-state index in [0.717, 1.165) is 40.6 Å². The van der Waals surface area contributed by atoms with Crippen LogP contribution in [0.3, 0.4) is 0 Å². The summed E-state index contributed by atoms with van der Waals surface area (Å²) in [7, 11) is 0. The number of benzene rings is 3. The smallest absolute Gasteiger partial charge is 0.251 e. The molecule has 6 heteroatoms. The van der Waals surface area contributed by atoms with Crippen molar-refractivity contribution in [1.29, 1.82) is 0 Å². The molecule has 0 aliphatic rings. The van der Waals surface area contributed by atoms with E-state index in [4.69, 9.17) is 5.10 Å². The molecule has 0 atom stereocenters. The molecular weight excluding hydrogens is 384 g/mol. The van der Waals surface area contributed by atoms with Crippen LogP contribution in [-0.4, -0.2) is 15.7 Å². The zero-order chi connectivity index (χ0) is 20.9. The van der Waals surface area contributed by atoms with Gasteiger partial charge in [0.15, 0.2) is 0 Å². The van der Waals surface area contributed by atoms with E-state index in [0.29, 0.717) is 6.54 Å². The summed E-state index contributed by atoms with van der Waals surface area (Å²) in [6, 6.07) is 22.3. The normalized spacial score (nSPS) is 10.7. The molecule has 0 fully saturated rings.